The number of halogens is 2. The fourth-order valence-electron chi connectivity index (χ4n) is 3.06. The first-order valence-corrected chi connectivity index (χ1v) is 9.59. The maximum Gasteiger partial charge on any atom is 0.248 e. The van der Waals surface area contributed by atoms with Crippen LogP contribution in [0.4, 0.5) is 5.82 Å². The van der Waals surface area contributed by atoms with E-state index in [1.54, 1.807) is 6.07 Å². The number of hydrogen-bond donors (Lipinski definition) is 1. The van der Waals surface area contributed by atoms with Gasteiger partial charge in [0.2, 0.25) is 5.91 Å². The van der Waals surface area contributed by atoms with Gasteiger partial charge in [0.05, 0.1) is 0 Å². The summed E-state index contributed by atoms with van der Waals surface area (Å²) in [6.45, 7) is 1.98. The summed E-state index contributed by atoms with van der Waals surface area (Å²) in [6.07, 6.45) is 1.93. The van der Waals surface area contributed by atoms with Crippen LogP contribution in [0.5, 0.6) is 0 Å². The van der Waals surface area contributed by atoms with Crippen molar-refractivity contribution in [2.75, 3.05) is 5.32 Å². The number of hydrogen-bond acceptors (Lipinski definition) is 2. The number of carbonyl (C=O) groups is 1. The molecule has 1 unspecified atom stereocenters. The summed E-state index contributed by atoms with van der Waals surface area (Å²) in [5.41, 5.74) is 3.95. The van der Waals surface area contributed by atoms with Crippen LogP contribution in [-0.4, -0.2) is 15.3 Å². The lowest BCUT2D eigenvalue weighted by molar-refractivity contribution is -0.116. The van der Waals surface area contributed by atoms with Crippen molar-refractivity contribution in [3.63, 3.8) is 0 Å². The van der Waals surface area contributed by atoms with E-state index in [-0.39, 0.29) is 5.91 Å². The zero-order chi connectivity index (χ0) is 19.7. The number of imidazole rings is 1. The van der Waals surface area contributed by atoms with E-state index >= 15 is 0 Å². The summed E-state index contributed by atoms with van der Waals surface area (Å²) in [4.78, 5) is 17.6. The Kier molecular flexibility index (Phi) is 5.07. The molecular formula is C22H17Cl2N3O. The van der Waals surface area contributed by atoms with E-state index in [1.807, 2.05) is 78.2 Å². The molecule has 2 aromatic heterocycles. The van der Waals surface area contributed by atoms with Crippen molar-refractivity contribution in [2.24, 2.45) is 0 Å². The van der Waals surface area contributed by atoms with E-state index in [0.29, 0.717) is 16.5 Å². The van der Waals surface area contributed by atoms with Crippen molar-refractivity contribution in [1.82, 2.24) is 9.38 Å². The zero-order valence-electron chi connectivity index (χ0n) is 15.1. The molecule has 4 nitrogen and oxygen atoms in total. The van der Waals surface area contributed by atoms with Gasteiger partial charge in [0.15, 0.2) is 0 Å². The largest absolute Gasteiger partial charge is 0.308 e. The van der Waals surface area contributed by atoms with Crippen LogP contribution in [0.1, 0.15) is 16.5 Å². The minimum atomic E-state index is -0.816. The van der Waals surface area contributed by atoms with E-state index in [0.717, 1.165) is 22.3 Å². The predicted molar refractivity (Wildman–Crippen MR) is 114 cm³/mol. The summed E-state index contributed by atoms with van der Waals surface area (Å²) in [6, 6.07) is 20.5. The average molecular weight is 410 g/mol. The van der Waals surface area contributed by atoms with Gasteiger partial charge in [-0.1, -0.05) is 60.1 Å². The third kappa shape index (κ3) is 3.61. The first-order chi connectivity index (χ1) is 13.5. The third-order valence-electron chi connectivity index (χ3n) is 4.43. The van der Waals surface area contributed by atoms with Crippen LogP contribution in [0.15, 0.2) is 72.9 Å². The lowest BCUT2D eigenvalue weighted by Gasteiger charge is -2.12. The molecule has 140 valence electrons. The van der Waals surface area contributed by atoms with Crippen LogP contribution in [-0.2, 0) is 4.79 Å². The Morgan fingerprint density at radius 3 is 2.61 bits per heavy atom. The normalized spacial score (nSPS) is 12.1. The Morgan fingerprint density at radius 2 is 1.86 bits per heavy atom. The van der Waals surface area contributed by atoms with Crippen molar-refractivity contribution in [1.29, 1.82) is 0 Å². The van der Waals surface area contributed by atoms with Crippen molar-refractivity contribution < 1.29 is 4.79 Å². The Labute approximate surface area is 172 Å². The molecular weight excluding hydrogens is 393 g/mol. The Balaban J connectivity index is 1.79. The highest BCUT2D eigenvalue weighted by molar-refractivity contribution is 6.32. The second kappa shape index (κ2) is 7.66. The van der Waals surface area contributed by atoms with Gasteiger partial charge in [-0.25, -0.2) is 4.98 Å². The second-order valence-electron chi connectivity index (χ2n) is 6.52. The van der Waals surface area contributed by atoms with Gasteiger partial charge in [-0.15, -0.1) is 11.6 Å². The van der Waals surface area contributed by atoms with Gasteiger partial charge in [-0.05, 0) is 36.2 Å². The molecule has 2 heterocycles. The molecule has 0 spiro atoms. The summed E-state index contributed by atoms with van der Waals surface area (Å²) >= 11 is 12.6. The maximum absolute atomic E-state index is 12.9. The van der Waals surface area contributed by atoms with E-state index in [4.69, 9.17) is 28.2 Å². The van der Waals surface area contributed by atoms with Crippen LogP contribution >= 0.6 is 23.2 Å². The average Bonchev–Trinajstić information content (AvgIpc) is 3.05. The standard InChI is InChI=1S/C22H17Cl2N3O/c1-14-10-11-18-25-20(16-8-5-9-17(23)12-16)21(27(18)13-14)26-22(28)19(24)15-6-3-2-4-7-15/h2-13,19H,1H3,(H,26,28). The monoisotopic (exact) mass is 409 g/mol. The van der Waals surface area contributed by atoms with Crippen LogP contribution < -0.4 is 5.32 Å². The number of aromatic nitrogens is 2. The fourth-order valence-corrected chi connectivity index (χ4v) is 3.45. The summed E-state index contributed by atoms with van der Waals surface area (Å²) in [5, 5.41) is 2.75. The number of fused-ring (bicyclic) bond motifs is 1. The summed E-state index contributed by atoms with van der Waals surface area (Å²) in [5.74, 6) is 0.243. The van der Waals surface area contributed by atoms with Gasteiger partial charge >= 0.3 is 0 Å². The predicted octanol–water partition coefficient (Wildman–Crippen LogP) is 5.88. The molecule has 0 saturated heterocycles. The molecule has 0 aliphatic heterocycles. The quantitative estimate of drug-likeness (QED) is 0.427. The zero-order valence-corrected chi connectivity index (χ0v) is 16.6. The van der Waals surface area contributed by atoms with Gasteiger partial charge in [0.1, 0.15) is 22.5 Å². The summed E-state index contributed by atoms with van der Waals surface area (Å²) in [7, 11) is 0. The highest BCUT2D eigenvalue weighted by Gasteiger charge is 2.22. The molecule has 0 aliphatic rings. The molecule has 2 aromatic carbocycles. The number of benzene rings is 2. The SMILES string of the molecule is Cc1ccc2nc(-c3cccc(Cl)c3)c(NC(=O)C(Cl)c3ccccc3)n2c1. The Hall–Kier alpha value is -2.82. The van der Waals surface area contributed by atoms with E-state index in [9.17, 15) is 4.79 Å². The molecule has 1 atom stereocenters. The molecule has 0 fully saturated rings. The van der Waals surface area contributed by atoms with Crippen molar-refractivity contribution in [3.05, 3.63) is 89.1 Å². The second-order valence-corrected chi connectivity index (χ2v) is 7.39. The first-order valence-electron chi connectivity index (χ1n) is 8.77. The molecule has 4 aromatic rings. The van der Waals surface area contributed by atoms with Crippen molar-refractivity contribution in [2.45, 2.75) is 12.3 Å². The van der Waals surface area contributed by atoms with Crippen LogP contribution in [0, 0.1) is 6.92 Å². The number of nitrogens with one attached hydrogen (secondary N) is 1. The van der Waals surface area contributed by atoms with E-state index in [1.165, 1.54) is 0 Å². The molecule has 1 amide bonds. The Morgan fingerprint density at radius 1 is 1.07 bits per heavy atom. The van der Waals surface area contributed by atoms with Gasteiger partial charge in [-0.2, -0.15) is 0 Å². The topological polar surface area (TPSA) is 46.4 Å². The summed E-state index contributed by atoms with van der Waals surface area (Å²) < 4.78 is 1.86. The molecule has 1 N–H and O–H groups in total. The van der Waals surface area contributed by atoms with Crippen LogP contribution in [0.25, 0.3) is 16.9 Å². The van der Waals surface area contributed by atoms with Crippen LogP contribution in [0.2, 0.25) is 5.02 Å². The lowest BCUT2D eigenvalue weighted by Crippen LogP contribution is -2.19. The van der Waals surface area contributed by atoms with E-state index < -0.39 is 5.38 Å². The smallest absolute Gasteiger partial charge is 0.248 e. The van der Waals surface area contributed by atoms with Crippen molar-refractivity contribution in [3.8, 4) is 11.3 Å². The van der Waals surface area contributed by atoms with Gasteiger partial charge in [0.25, 0.3) is 0 Å². The highest BCUT2D eigenvalue weighted by Crippen LogP contribution is 2.32. The van der Waals surface area contributed by atoms with Crippen molar-refractivity contribution >= 4 is 40.6 Å². The number of amides is 1. The molecule has 4 rings (SSSR count). The number of anilines is 1. The van der Waals surface area contributed by atoms with Gasteiger partial charge in [0, 0.05) is 16.8 Å². The molecule has 0 saturated carbocycles. The molecule has 0 bridgehead atoms. The number of aryl methyl sites for hydroxylation is 1. The number of carbonyl (C=O) groups excluding carboxylic acids is 1. The fraction of sp³-hybridized carbons (Fsp3) is 0.0909. The minimum absolute atomic E-state index is 0.320. The van der Waals surface area contributed by atoms with E-state index in [2.05, 4.69) is 5.32 Å². The number of nitrogens with zero attached hydrogens (tertiary/aromatic N) is 2. The first kappa shape index (κ1) is 18.5. The number of rotatable bonds is 4. The number of pyridine rings is 1. The van der Waals surface area contributed by atoms with Crippen LogP contribution in [0.3, 0.4) is 0 Å². The molecule has 0 aliphatic carbocycles. The Bertz CT molecular complexity index is 1160. The van der Waals surface area contributed by atoms with Gasteiger partial charge in [-0.3, -0.25) is 9.20 Å². The van der Waals surface area contributed by atoms with Gasteiger partial charge < -0.3 is 5.32 Å². The molecule has 0 radical (unpaired) electrons. The molecule has 28 heavy (non-hydrogen) atoms. The minimum Gasteiger partial charge on any atom is -0.308 e. The lowest BCUT2D eigenvalue weighted by atomic mass is 10.1. The maximum atomic E-state index is 12.9. The number of alkyl halides is 1. The highest BCUT2D eigenvalue weighted by atomic mass is 35.5. The molecule has 6 heteroatoms. The third-order valence-corrected chi connectivity index (χ3v) is 5.11.